The average Bonchev–Trinajstić information content (AvgIpc) is 2.39. The van der Waals surface area contributed by atoms with Gasteiger partial charge in [-0.05, 0) is 41.8 Å². The minimum atomic E-state index is -3.30. The molecular weight excluding hydrogens is 286 g/mol. The Morgan fingerprint density at radius 2 is 1.76 bits per heavy atom. The number of ketones is 1. The van der Waals surface area contributed by atoms with Crippen LogP contribution < -0.4 is 4.72 Å². The average molecular weight is 301 g/mol. The van der Waals surface area contributed by atoms with E-state index < -0.39 is 10.0 Å². The summed E-state index contributed by atoms with van der Waals surface area (Å²) in [6.07, 6.45) is 1.87. The predicted octanol–water partition coefficient (Wildman–Crippen LogP) is 2.58. The van der Waals surface area contributed by atoms with E-state index in [1.165, 1.54) is 5.56 Å². The first-order valence-electron chi connectivity index (χ1n) is 6.64. The van der Waals surface area contributed by atoms with Crippen LogP contribution in [0.15, 0.2) is 48.5 Å². The zero-order valence-corrected chi connectivity index (χ0v) is 12.4. The third kappa shape index (κ3) is 2.83. The Hall–Kier alpha value is -2.14. The molecule has 1 aliphatic carbocycles. The molecule has 3 rings (SSSR count). The molecule has 0 bridgehead atoms. The molecule has 0 aliphatic heterocycles. The van der Waals surface area contributed by atoms with Crippen LogP contribution >= 0.6 is 0 Å². The number of rotatable bonds is 4. The van der Waals surface area contributed by atoms with Gasteiger partial charge < -0.3 is 0 Å². The van der Waals surface area contributed by atoms with Crippen molar-refractivity contribution >= 4 is 21.5 Å². The van der Waals surface area contributed by atoms with Gasteiger partial charge in [-0.25, -0.2) is 8.42 Å². The first kappa shape index (κ1) is 13.8. The molecule has 1 aliphatic rings. The van der Waals surface area contributed by atoms with Crippen molar-refractivity contribution in [3.05, 3.63) is 65.2 Å². The zero-order chi connectivity index (χ0) is 15.0. The van der Waals surface area contributed by atoms with Crippen LogP contribution in [0.25, 0.3) is 0 Å². The Bertz CT molecular complexity index is 795. The van der Waals surface area contributed by atoms with Gasteiger partial charge in [0, 0.05) is 11.3 Å². The van der Waals surface area contributed by atoms with Crippen LogP contribution in [-0.4, -0.2) is 20.5 Å². The number of hydrogen-bond acceptors (Lipinski definition) is 3. The second-order valence-corrected chi connectivity index (χ2v) is 7.02. The minimum Gasteiger partial charge on any atom is -0.293 e. The SMILES string of the molecule is CS(=O)(=O)Nc1ccc(C(=O)C2Cc3ccccc32)cc1. The van der Waals surface area contributed by atoms with Gasteiger partial charge in [-0.15, -0.1) is 0 Å². The van der Waals surface area contributed by atoms with Crippen molar-refractivity contribution in [3.63, 3.8) is 0 Å². The number of Topliss-reactive ketones (excluding diaryl/α,β-unsaturated/α-hetero) is 1. The molecule has 0 heterocycles. The summed E-state index contributed by atoms with van der Waals surface area (Å²) < 4.78 is 24.7. The summed E-state index contributed by atoms with van der Waals surface area (Å²) in [6.45, 7) is 0. The van der Waals surface area contributed by atoms with Gasteiger partial charge in [-0.3, -0.25) is 9.52 Å². The second kappa shape index (κ2) is 5.00. The van der Waals surface area contributed by atoms with Crippen molar-refractivity contribution in [1.29, 1.82) is 0 Å². The second-order valence-electron chi connectivity index (χ2n) is 5.27. The number of hydrogen-bond donors (Lipinski definition) is 1. The summed E-state index contributed by atoms with van der Waals surface area (Å²) in [4.78, 5) is 12.4. The van der Waals surface area contributed by atoms with Crippen LogP contribution in [0.4, 0.5) is 5.69 Å². The molecule has 1 atom stereocenters. The number of carbonyl (C=O) groups excluding carboxylic acids is 1. The molecule has 108 valence electrons. The lowest BCUT2D eigenvalue weighted by Crippen LogP contribution is -2.25. The Labute approximate surface area is 123 Å². The molecule has 0 fully saturated rings. The van der Waals surface area contributed by atoms with E-state index in [2.05, 4.69) is 4.72 Å². The molecule has 1 N–H and O–H groups in total. The highest BCUT2D eigenvalue weighted by molar-refractivity contribution is 7.92. The van der Waals surface area contributed by atoms with Crippen molar-refractivity contribution in [3.8, 4) is 0 Å². The summed E-state index contributed by atoms with van der Waals surface area (Å²) in [6, 6.07) is 14.5. The van der Waals surface area contributed by atoms with Crippen LogP contribution in [0.2, 0.25) is 0 Å². The van der Waals surface area contributed by atoms with Crippen LogP contribution in [0.1, 0.15) is 27.4 Å². The summed E-state index contributed by atoms with van der Waals surface area (Å²) in [5, 5.41) is 0. The summed E-state index contributed by atoms with van der Waals surface area (Å²) >= 11 is 0. The summed E-state index contributed by atoms with van der Waals surface area (Å²) in [5.41, 5.74) is 3.39. The molecule has 1 unspecified atom stereocenters. The maximum atomic E-state index is 12.4. The highest BCUT2D eigenvalue weighted by Gasteiger charge is 2.32. The number of carbonyl (C=O) groups is 1. The Morgan fingerprint density at radius 3 is 2.38 bits per heavy atom. The number of fused-ring (bicyclic) bond motifs is 1. The Morgan fingerprint density at radius 1 is 1.10 bits per heavy atom. The van der Waals surface area contributed by atoms with Crippen LogP contribution in [0.3, 0.4) is 0 Å². The van der Waals surface area contributed by atoms with Crippen molar-refractivity contribution in [2.75, 3.05) is 11.0 Å². The van der Waals surface area contributed by atoms with E-state index in [0.717, 1.165) is 18.2 Å². The van der Waals surface area contributed by atoms with Gasteiger partial charge in [0.2, 0.25) is 10.0 Å². The van der Waals surface area contributed by atoms with E-state index in [1.807, 2.05) is 24.3 Å². The fourth-order valence-corrected chi connectivity index (χ4v) is 3.17. The van der Waals surface area contributed by atoms with Crippen molar-refractivity contribution in [2.45, 2.75) is 12.3 Å². The zero-order valence-electron chi connectivity index (χ0n) is 11.5. The molecule has 5 heteroatoms. The molecule has 0 radical (unpaired) electrons. The lowest BCUT2D eigenvalue weighted by molar-refractivity contribution is 0.0949. The van der Waals surface area contributed by atoms with Gasteiger partial charge in [0.05, 0.1) is 12.2 Å². The first-order valence-corrected chi connectivity index (χ1v) is 8.53. The highest BCUT2D eigenvalue weighted by Crippen LogP contribution is 2.37. The molecule has 0 saturated carbocycles. The van der Waals surface area contributed by atoms with E-state index >= 15 is 0 Å². The first-order chi connectivity index (χ1) is 9.94. The van der Waals surface area contributed by atoms with Gasteiger partial charge in [0.1, 0.15) is 0 Å². The van der Waals surface area contributed by atoms with Crippen molar-refractivity contribution in [2.24, 2.45) is 0 Å². The summed E-state index contributed by atoms with van der Waals surface area (Å²) in [7, 11) is -3.30. The van der Waals surface area contributed by atoms with Crippen LogP contribution in [-0.2, 0) is 16.4 Å². The highest BCUT2D eigenvalue weighted by atomic mass is 32.2. The fourth-order valence-electron chi connectivity index (χ4n) is 2.61. The fraction of sp³-hybridized carbons (Fsp3) is 0.188. The Kier molecular flexibility index (Phi) is 3.29. The largest absolute Gasteiger partial charge is 0.293 e. The smallest absolute Gasteiger partial charge is 0.229 e. The third-order valence-electron chi connectivity index (χ3n) is 3.64. The molecule has 0 amide bonds. The molecule has 0 aromatic heterocycles. The Balaban J connectivity index is 1.78. The van der Waals surface area contributed by atoms with Crippen LogP contribution in [0, 0.1) is 0 Å². The molecule has 4 nitrogen and oxygen atoms in total. The van der Waals surface area contributed by atoms with Gasteiger partial charge in [-0.1, -0.05) is 24.3 Å². The molecule has 2 aromatic carbocycles. The standard InChI is InChI=1S/C16H15NO3S/c1-21(19,20)17-13-8-6-11(7-9-13)16(18)15-10-12-4-2-3-5-14(12)15/h2-9,15,17H,10H2,1H3. The monoisotopic (exact) mass is 301 g/mol. The topological polar surface area (TPSA) is 63.2 Å². The van der Waals surface area contributed by atoms with Gasteiger partial charge in [0.15, 0.2) is 5.78 Å². The minimum absolute atomic E-state index is 0.0742. The number of benzene rings is 2. The predicted molar refractivity (Wildman–Crippen MR) is 82.1 cm³/mol. The lowest BCUT2D eigenvalue weighted by Gasteiger charge is -2.28. The number of nitrogens with one attached hydrogen (secondary N) is 1. The summed E-state index contributed by atoms with van der Waals surface area (Å²) in [5.74, 6) is 0.00882. The van der Waals surface area contributed by atoms with Crippen molar-refractivity contribution in [1.82, 2.24) is 0 Å². The maximum absolute atomic E-state index is 12.4. The molecular formula is C16H15NO3S. The number of anilines is 1. The van der Waals surface area contributed by atoms with Gasteiger partial charge in [-0.2, -0.15) is 0 Å². The lowest BCUT2D eigenvalue weighted by atomic mass is 9.74. The van der Waals surface area contributed by atoms with Gasteiger partial charge in [0.25, 0.3) is 0 Å². The molecule has 21 heavy (non-hydrogen) atoms. The van der Waals surface area contributed by atoms with E-state index in [4.69, 9.17) is 0 Å². The van der Waals surface area contributed by atoms with Gasteiger partial charge >= 0.3 is 0 Å². The van der Waals surface area contributed by atoms with Crippen LogP contribution in [0.5, 0.6) is 0 Å². The van der Waals surface area contributed by atoms with E-state index in [9.17, 15) is 13.2 Å². The van der Waals surface area contributed by atoms with E-state index in [-0.39, 0.29) is 11.7 Å². The molecule has 0 spiro atoms. The van der Waals surface area contributed by atoms with E-state index in [0.29, 0.717) is 11.3 Å². The normalized spacial score (nSPS) is 16.7. The molecule has 2 aromatic rings. The van der Waals surface area contributed by atoms with E-state index in [1.54, 1.807) is 24.3 Å². The molecule has 0 saturated heterocycles. The number of sulfonamides is 1. The quantitative estimate of drug-likeness (QED) is 0.883. The van der Waals surface area contributed by atoms with Crippen molar-refractivity contribution < 1.29 is 13.2 Å². The third-order valence-corrected chi connectivity index (χ3v) is 4.25. The maximum Gasteiger partial charge on any atom is 0.229 e.